The molecule has 0 saturated heterocycles. The summed E-state index contributed by atoms with van der Waals surface area (Å²) >= 11 is 3.45. The maximum absolute atomic E-state index is 5.98. The van der Waals surface area contributed by atoms with Crippen LogP contribution in [-0.2, 0) is 12.2 Å². The van der Waals surface area contributed by atoms with Gasteiger partial charge in [-0.15, -0.1) is 21.5 Å². The van der Waals surface area contributed by atoms with Crippen LogP contribution in [0.5, 0.6) is 0 Å². The van der Waals surface area contributed by atoms with Gasteiger partial charge in [-0.2, -0.15) is 0 Å². The van der Waals surface area contributed by atoms with Crippen LogP contribution in [0.2, 0.25) is 0 Å². The van der Waals surface area contributed by atoms with Gasteiger partial charge in [-0.3, -0.25) is 0 Å². The lowest BCUT2D eigenvalue weighted by atomic mass is 9.95. The second-order valence-electron chi connectivity index (χ2n) is 7.59. The summed E-state index contributed by atoms with van der Waals surface area (Å²) < 4.78 is 8.37. The Bertz CT molecular complexity index is 1070. The topological polar surface area (TPSA) is 56.7 Å². The van der Waals surface area contributed by atoms with Crippen LogP contribution >= 0.6 is 23.1 Å². The summed E-state index contributed by atoms with van der Waals surface area (Å²) in [5.74, 6) is 3.25. The van der Waals surface area contributed by atoms with Crippen LogP contribution in [0.15, 0.2) is 63.6 Å². The molecule has 0 unspecified atom stereocenters. The predicted molar refractivity (Wildman–Crippen MR) is 121 cm³/mol. The van der Waals surface area contributed by atoms with E-state index < -0.39 is 0 Å². The maximum Gasteiger partial charge on any atom is 0.205 e. The first-order valence-corrected chi connectivity index (χ1v) is 12.3. The van der Waals surface area contributed by atoms with Crippen molar-refractivity contribution < 1.29 is 4.42 Å². The summed E-state index contributed by atoms with van der Waals surface area (Å²) in [6.07, 6.45) is 8.97. The van der Waals surface area contributed by atoms with E-state index in [1.165, 1.54) is 37.0 Å². The summed E-state index contributed by atoms with van der Waals surface area (Å²) in [7, 11) is 0. The monoisotopic (exact) mass is 436 g/mol. The zero-order chi connectivity index (χ0) is 20.2. The molecule has 0 amide bonds. The zero-order valence-corrected chi connectivity index (χ0v) is 18.4. The quantitative estimate of drug-likeness (QED) is 0.315. The van der Waals surface area contributed by atoms with Gasteiger partial charge in [-0.05, 0) is 24.3 Å². The molecule has 0 radical (unpaired) electrons. The van der Waals surface area contributed by atoms with Crippen molar-refractivity contribution in [3.63, 3.8) is 0 Å². The van der Waals surface area contributed by atoms with E-state index in [2.05, 4.69) is 37.3 Å². The molecule has 0 atom stereocenters. The Hall–Kier alpha value is -2.38. The van der Waals surface area contributed by atoms with Crippen molar-refractivity contribution in [2.45, 2.75) is 55.5 Å². The van der Waals surface area contributed by atoms with Crippen LogP contribution in [0.1, 0.15) is 54.7 Å². The van der Waals surface area contributed by atoms with Crippen molar-refractivity contribution in [3.05, 3.63) is 70.6 Å². The second-order valence-corrected chi connectivity index (χ2v) is 9.56. The highest BCUT2D eigenvalue weighted by atomic mass is 32.2. The first-order valence-electron chi connectivity index (χ1n) is 10.5. The molecular weight excluding hydrogens is 412 g/mol. The zero-order valence-electron chi connectivity index (χ0n) is 16.7. The van der Waals surface area contributed by atoms with Crippen molar-refractivity contribution in [1.29, 1.82) is 0 Å². The van der Waals surface area contributed by atoms with Crippen molar-refractivity contribution >= 4 is 23.1 Å². The molecule has 154 valence electrons. The summed E-state index contributed by atoms with van der Waals surface area (Å²) in [4.78, 5) is 5.80. The van der Waals surface area contributed by atoms with E-state index in [1.807, 2.05) is 30.3 Å². The van der Waals surface area contributed by atoms with Crippen LogP contribution in [-0.4, -0.2) is 19.7 Å². The summed E-state index contributed by atoms with van der Waals surface area (Å²) in [6.45, 7) is 0. The van der Waals surface area contributed by atoms with Crippen LogP contribution < -0.4 is 0 Å². The van der Waals surface area contributed by atoms with Crippen LogP contribution in [0.3, 0.4) is 0 Å². The highest BCUT2D eigenvalue weighted by Gasteiger charge is 2.23. The van der Waals surface area contributed by atoms with E-state index in [1.54, 1.807) is 29.3 Å². The van der Waals surface area contributed by atoms with E-state index in [0.717, 1.165) is 34.6 Å². The van der Waals surface area contributed by atoms with E-state index in [0.29, 0.717) is 11.8 Å². The Morgan fingerprint density at radius 1 is 1.03 bits per heavy atom. The maximum atomic E-state index is 5.98. The number of nitrogens with zero attached hydrogens (tertiary/aromatic N) is 4. The third kappa shape index (κ3) is 4.37. The van der Waals surface area contributed by atoms with E-state index >= 15 is 0 Å². The number of aromatic nitrogens is 4. The van der Waals surface area contributed by atoms with Gasteiger partial charge >= 0.3 is 0 Å². The minimum Gasteiger partial charge on any atom is -0.440 e. The second kappa shape index (κ2) is 9.18. The number of hydrogen-bond acceptors (Lipinski definition) is 6. The van der Waals surface area contributed by atoms with Gasteiger partial charge in [0, 0.05) is 22.9 Å². The number of benzene rings is 1. The lowest BCUT2D eigenvalue weighted by molar-refractivity contribution is 0.330. The van der Waals surface area contributed by atoms with Gasteiger partial charge in [0.25, 0.3) is 0 Å². The molecule has 3 heterocycles. The van der Waals surface area contributed by atoms with Gasteiger partial charge in [0.2, 0.25) is 5.89 Å². The Labute approximate surface area is 184 Å². The Kier molecular flexibility index (Phi) is 5.99. The molecule has 1 aliphatic rings. The predicted octanol–water partition coefficient (Wildman–Crippen LogP) is 6.38. The summed E-state index contributed by atoms with van der Waals surface area (Å²) in [5.41, 5.74) is 1.05. The first-order chi connectivity index (χ1) is 14.9. The highest BCUT2D eigenvalue weighted by Crippen LogP contribution is 2.34. The number of oxazole rings is 1. The van der Waals surface area contributed by atoms with Gasteiger partial charge in [0.05, 0.1) is 11.9 Å². The molecule has 30 heavy (non-hydrogen) atoms. The molecule has 0 bridgehead atoms. The average molecular weight is 437 g/mol. The van der Waals surface area contributed by atoms with Crippen LogP contribution in [0.25, 0.3) is 11.3 Å². The van der Waals surface area contributed by atoms with Crippen LogP contribution in [0.4, 0.5) is 0 Å². The highest BCUT2D eigenvalue weighted by molar-refractivity contribution is 7.98. The Balaban J connectivity index is 1.35. The molecule has 0 N–H and O–H groups in total. The third-order valence-electron chi connectivity index (χ3n) is 5.52. The van der Waals surface area contributed by atoms with Crippen molar-refractivity contribution in [2.75, 3.05) is 0 Å². The molecule has 0 aliphatic heterocycles. The minimum absolute atomic E-state index is 0.496. The molecule has 1 aromatic carbocycles. The van der Waals surface area contributed by atoms with Gasteiger partial charge in [0.1, 0.15) is 5.82 Å². The molecule has 3 aromatic heterocycles. The average Bonchev–Trinajstić information content (AvgIpc) is 3.55. The molecule has 4 aromatic rings. The first kappa shape index (κ1) is 19.6. The van der Waals surface area contributed by atoms with Gasteiger partial charge < -0.3 is 8.98 Å². The van der Waals surface area contributed by atoms with Crippen LogP contribution in [0, 0.1) is 0 Å². The van der Waals surface area contributed by atoms with E-state index in [4.69, 9.17) is 4.42 Å². The van der Waals surface area contributed by atoms with Crippen molar-refractivity contribution in [2.24, 2.45) is 0 Å². The smallest absolute Gasteiger partial charge is 0.205 e. The van der Waals surface area contributed by atoms with E-state index in [-0.39, 0.29) is 0 Å². The SMILES string of the molecule is c1ccc(-c2cnc(CSc3nnc(Cc4cccs4)n3C3CCCCC3)o2)cc1. The summed E-state index contributed by atoms with van der Waals surface area (Å²) in [6, 6.07) is 14.9. The van der Waals surface area contributed by atoms with Gasteiger partial charge in [-0.1, -0.05) is 67.4 Å². The molecule has 1 aliphatic carbocycles. The fourth-order valence-corrected chi connectivity index (χ4v) is 5.62. The Morgan fingerprint density at radius 2 is 1.90 bits per heavy atom. The Morgan fingerprint density at radius 3 is 2.70 bits per heavy atom. The fourth-order valence-electron chi connectivity index (χ4n) is 4.04. The normalized spacial score (nSPS) is 14.9. The molecular formula is C23H24N4OS2. The number of thiophene rings is 1. The van der Waals surface area contributed by atoms with Gasteiger partial charge in [0.15, 0.2) is 10.9 Å². The van der Waals surface area contributed by atoms with E-state index in [9.17, 15) is 0 Å². The van der Waals surface area contributed by atoms with Gasteiger partial charge in [-0.25, -0.2) is 4.98 Å². The largest absolute Gasteiger partial charge is 0.440 e. The molecule has 5 rings (SSSR count). The molecule has 1 saturated carbocycles. The fraction of sp³-hybridized carbons (Fsp3) is 0.348. The third-order valence-corrected chi connectivity index (χ3v) is 7.33. The standard InChI is InChI=1S/C23H24N4OS2/c1-3-8-17(9-4-1)20-15-24-22(28-20)16-30-23-26-25-21(14-19-12-7-13-29-19)27(23)18-10-5-2-6-11-18/h1,3-4,7-9,12-13,15,18H,2,5-6,10-11,14,16H2. The molecule has 0 spiro atoms. The molecule has 7 heteroatoms. The molecule has 1 fully saturated rings. The van der Waals surface area contributed by atoms with Crippen molar-refractivity contribution in [1.82, 2.24) is 19.7 Å². The van der Waals surface area contributed by atoms with Crippen molar-refractivity contribution in [3.8, 4) is 11.3 Å². The lowest BCUT2D eigenvalue weighted by Gasteiger charge is -2.25. The molecule has 5 nitrogen and oxygen atoms in total. The number of hydrogen-bond donors (Lipinski definition) is 0. The summed E-state index contributed by atoms with van der Waals surface area (Å²) in [5, 5.41) is 12.2. The number of thioether (sulfide) groups is 1. The minimum atomic E-state index is 0.496. The number of rotatable bonds is 7. The lowest BCUT2D eigenvalue weighted by Crippen LogP contribution is -2.16.